The molecular formula is C22H25ClN6O3S. The number of hydrogen-bond donors (Lipinski definition) is 1. The molecule has 3 amide bonds. The molecule has 1 aromatic carbocycles. The van der Waals surface area contributed by atoms with Crippen molar-refractivity contribution in [2.45, 2.75) is 45.9 Å². The van der Waals surface area contributed by atoms with Gasteiger partial charge in [0.1, 0.15) is 4.53 Å². The summed E-state index contributed by atoms with van der Waals surface area (Å²) in [5.41, 5.74) is 4.52. The third kappa shape index (κ3) is 3.11. The molecule has 3 aliphatic heterocycles. The number of halogens is 1. The van der Waals surface area contributed by atoms with Gasteiger partial charge < -0.3 is 4.90 Å². The van der Waals surface area contributed by atoms with E-state index in [1.54, 1.807) is 31.4 Å². The van der Waals surface area contributed by atoms with Crippen molar-refractivity contribution in [1.29, 1.82) is 0 Å². The lowest BCUT2D eigenvalue weighted by molar-refractivity contribution is -0.113. The minimum atomic E-state index is -0.528. The van der Waals surface area contributed by atoms with E-state index in [-0.39, 0.29) is 17.5 Å². The van der Waals surface area contributed by atoms with E-state index in [9.17, 15) is 14.4 Å². The first-order chi connectivity index (χ1) is 15.9. The number of fused-ring (bicyclic) bond motifs is 4. The average Bonchev–Trinajstić information content (AvgIpc) is 3.37. The summed E-state index contributed by atoms with van der Waals surface area (Å²) in [6, 6.07) is 5.19. The number of carbonyl (C=O) groups is 2. The van der Waals surface area contributed by atoms with E-state index in [0.29, 0.717) is 45.1 Å². The van der Waals surface area contributed by atoms with Crippen LogP contribution >= 0.6 is 22.9 Å². The van der Waals surface area contributed by atoms with Crippen molar-refractivity contribution in [3.8, 4) is 0 Å². The summed E-state index contributed by atoms with van der Waals surface area (Å²) in [6.07, 6.45) is 0.826. The SMILES string of the molecule is CCCCN1C(=O)/C(=c2\sc3n(c2=O)C2C(NN=3)N(CC)C(=O)N2CC)c2cc(Cl)ccc21. The van der Waals surface area contributed by atoms with Crippen LogP contribution in [0.2, 0.25) is 5.02 Å². The lowest BCUT2D eigenvalue weighted by Gasteiger charge is -2.29. The van der Waals surface area contributed by atoms with Crippen molar-refractivity contribution in [3.63, 3.8) is 0 Å². The molecule has 11 heteroatoms. The van der Waals surface area contributed by atoms with Crippen LogP contribution in [0.1, 0.15) is 45.3 Å². The summed E-state index contributed by atoms with van der Waals surface area (Å²) in [5.74, 6) is -0.202. The predicted molar refractivity (Wildman–Crippen MR) is 127 cm³/mol. The molecule has 0 spiro atoms. The normalized spacial score (nSPS) is 22.8. The van der Waals surface area contributed by atoms with Gasteiger partial charge in [-0.05, 0) is 38.5 Å². The molecular weight excluding hydrogens is 464 g/mol. The summed E-state index contributed by atoms with van der Waals surface area (Å²) in [6.45, 7) is 7.37. The van der Waals surface area contributed by atoms with Crippen LogP contribution in [0.5, 0.6) is 0 Å². The number of carbonyl (C=O) groups excluding carboxylic acids is 2. The Labute approximate surface area is 199 Å². The first-order valence-electron chi connectivity index (χ1n) is 11.2. The fourth-order valence-corrected chi connectivity index (χ4v) is 6.06. The van der Waals surface area contributed by atoms with Crippen LogP contribution in [0.3, 0.4) is 0 Å². The zero-order valence-corrected chi connectivity index (χ0v) is 20.2. The topological polar surface area (TPSA) is 90.2 Å². The number of thiazole rings is 1. The molecule has 0 radical (unpaired) electrons. The quantitative estimate of drug-likeness (QED) is 0.693. The number of urea groups is 1. The van der Waals surface area contributed by atoms with E-state index < -0.39 is 12.3 Å². The number of benzene rings is 1. The third-order valence-electron chi connectivity index (χ3n) is 6.42. The molecule has 0 bridgehead atoms. The molecule has 2 unspecified atom stereocenters. The van der Waals surface area contributed by atoms with Gasteiger partial charge >= 0.3 is 6.03 Å². The minimum Gasteiger partial charge on any atom is -0.308 e. The van der Waals surface area contributed by atoms with Crippen LogP contribution in [-0.4, -0.2) is 52.1 Å². The summed E-state index contributed by atoms with van der Waals surface area (Å²) in [5, 5.41) is 4.91. The van der Waals surface area contributed by atoms with Gasteiger partial charge in [0.2, 0.25) is 4.80 Å². The molecule has 0 saturated carbocycles. The maximum atomic E-state index is 13.8. The number of rotatable bonds is 5. The fraction of sp³-hybridized carbons (Fsp3) is 0.455. The van der Waals surface area contributed by atoms with Gasteiger partial charge in [0.25, 0.3) is 11.5 Å². The summed E-state index contributed by atoms with van der Waals surface area (Å²) in [4.78, 5) is 45.7. The minimum absolute atomic E-state index is 0.141. The monoisotopic (exact) mass is 488 g/mol. The van der Waals surface area contributed by atoms with E-state index in [1.807, 2.05) is 19.9 Å². The van der Waals surface area contributed by atoms with Gasteiger partial charge in [-0.25, -0.2) is 4.79 Å². The highest BCUT2D eigenvalue weighted by molar-refractivity contribution is 7.07. The Morgan fingerprint density at radius 2 is 1.88 bits per heavy atom. The second-order valence-corrected chi connectivity index (χ2v) is 9.60. The Hall–Kier alpha value is -2.85. The number of amides is 3. The molecule has 5 rings (SSSR count). The molecule has 3 aliphatic rings. The van der Waals surface area contributed by atoms with Crippen molar-refractivity contribution in [3.05, 3.63) is 48.5 Å². The molecule has 33 heavy (non-hydrogen) atoms. The standard InChI is InChI=1S/C22H25ClN6O3S/c1-4-7-10-28-14-9-8-12(23)11-13(14)15(19(28)30)16-20(31)29-18-17(24-25-21(29)33-16)26(5-2)22(32)27(18)6-3/h8-9,11,17-18,24H,4-7,10H2,1-3H3/b16-15-. The van der Waals surface area contributed by atoms with Gasteiger partial charge in [-0.2, -0.15) is 0 Å². The number of unbranched alkanes of at least 4 members (excludes halogenated alkanes) is 1. The third-order valence-corrected chi connectivity index (χ3v) is 7.71. The molecule has 1 aromatic heterocycles. The second kappa shape index (κ2) is 8.18. The zero-order chi connectivity index (χ0) is 23.4. The number of nitrogens with one attached hydrogen (secondary N) is 1. The Morgan fingerprint density at radius 3 is 2.58 bits per heavy atom. The number of anilines is 1. The molecule has 2 aromatic rings. The van der Waals surface area contributed by atoms with Crippen molar-refractivity contribution < 1.29 is 9.59 Å². The highest BCUT2D eigenvalue weighted by atomic mass is 35.5. The van der Waals surface area contributed by atoms with Gasteiger partial charge in [0.05, 0.1) is 11.3 Å². The summed E-state index contributed by atoms with van der Waals surface area (Å²) >= 11 is 7.44. The van der Waals surface area contributed by atoms with E-state index in [1.165, 1.54) is 11.3 Å². The van der Waals surface area contributed by atoms with Crippen molar-refractivity contribution in [2.24, 2.45) is 5.10 Å². The van der Waals surface area contributed by atoms with E-state index in [2.05, 4.69) is 17.5 Å². The smallest absolute Gasteiger partial charge is 0.308 e. The largest absolute Gasteiger partial charge is 0.323 e. The second-order valence-electron chi connectivity index (χ2n) is 8.19. The van der Waals surface area contributed by atoms with Gasteiger partial charge in [-0.1, -0.05) is 36.3 Å². The maximum absolute atomic E-state index is 13.8. The first-order valence-corrected chi connectivity index (χ1v) is 12.4. The molecule has 174 valence electrons. The average molecular weight is 489 g/mol. The molecule has 9 nitrogen and oxygen atoms in total. The lowest BCUT2D eigenvalue weighted by atomic mass is 10.1. The van der Waals surface area contributed by atoms with Crippen LogP contribution < -0.4 is 25.2 Å². The van der Waals surface area contributed by atoms with Gasteiger partial charge in [0, 0.05) is 30.2 Å². The number of aromatic nitrogens is 1. The van der Waals surface area contributed by atoms with Crippen molar-refractivity contribution >= 4 is 46.1 Å². The van der Waals surface area contributed by atoms with Crippen LogP contribution in [-0.2, 0) is 4.79 Å². The van der Waals surface area contributed by atoms with Crippen LogP contribution in [0, 0.1) is 0 Å². The molecule has 4 heterocycles. The molecule has 0 aliphatic carbocycles. The van der Waals surface area contributed by atoms with E-state index in [0.717, 1.165) is 18.5 Å². The Bertz CT molecular complexity index is 1330. The Kier molecular flexibility index (Phi) is 5.44. The van der Waals surface area contributed by atoms with Gasteiger partial charge in [-0.15, -0.1) is 5.10 Å². The molecule has 1 fully saturated rings. The zero-order valence-electron chi connectivity index (χ0n) is 18.7. The number of likely N-dealkylation sites (N-methyl/N-ethyl adjacent to an activating group) is 2. The fourth-order valence-electron chi connectivity index (χ4n) is 4.83. The van der Waals surface area contributed by atoms with Crippen LogP contribution in [0.25, 0.3) is 5.57 Å². The first kappa shape index (κ1) is 22.0. The highest BCUT2D eigenvalue weighted by Gasteiger charge is 2.48. The maximum Gasteiger partial charge on any atom is 0.323 e. The summed E-state index contributed by atoms with van der Waals surface area (Å²) in [7, 11) is 0. The van der Waals surface area contributed by atoms with Gasteiger partial charge in [-0.3, -0.25) is 29.4 Å². The Balaban J connectivity index is 1.74. The number of nitrogens with zero attached hydrogens (tertiary/aromatic N) is 5. The summed E-state index contributed by atoms with van der Waals surface area (Å²) < 4.78 is 1.87. The van der Waals surface area contributed by atoms with E-state index >= 15 is 0 Å². The highest BCUT2D eigenvalue weighted by Crippen LogP contribution is 2.37. The van der Waals surface area contributed by atoms with Crippen molar-refractivity contribution in [1.82, 2.24) is 19.8 Å². The molecule has 1 N–H and O–H groups in total. The van der Waals surface area contributed by atoms with Crippen molar-refractivity contribution in [2.75, 3.05) is 24.5 Å². The lowest BCUT2D eigenvalue weighted by Crippen LogP contribution is -2.53. The van der Waals surface area contributed by atoms with E-state index in [4.69, 9.17) is 11.6 Å². The molecule has 2 atom stereocenters. The Morgan fingerprint density at radius 1 is 1.12 bits per heavy atom. The number of hydrogen-bond acceptors (Lipinski definition) is 6. The predicted octanol–water partition coefficient (Wildman–Crippen LogP) is 1.65. The van der Waals surface area contributed by atoms with Crippen LogP contribution in [0.15, 0.2) is 28.1 Å². The van der Waals surface area contributed by atoms with Crippen LogP contribution in [0.4, 0.5) is 10.5 Å². The van der Waals surface area contributed by atoms with Gasteiger partial charge in [0.15, 0.2) is 12.3 Å². The molecule has 1 saturated heterocycles.